The average Bonchev–Trinajstić information content (AvgIpc) is 2.91. The molecule has 0 fully saturated rings. The molecule has 0 radical (unpaired) electrons. The van der Waals surface area contributed by atoms with Crippen LogP contribution in [0.2, 0.25) is 0 Å². The van der Waals surface area contributed by atoms with Gasteiger partial charge in [-0.25, -0.2) is 0 Å². The van der Waals surface area contributed by atoms with Crippen molar-refractivity contribution in [1.29, 1.82) is 0 Å². The van der Waals surface area contributed by atoms with E-state index >= 15 is 0 Å². The quantitative estimate of drug-likeness (QED) is 0.463. The summed E-state index contributed by atoms with van der Waals surface area (Å²) in [5.74, 6) is 0.515. The third-order valence-corrected chi connectivity index (χ3v) is 5.26. The third-order valence-electron chi connectivity index (χ3n) is 5.26. The molecule has 0 amide bonds. The van der Waals surface area contributed by atoms with E-state index < -0.39 is 0 Å². The predicted molar refractivity (Wildman–Crippen MR) is 100 cm³/mol. The minimum absolute atomic E-state index is 0.515. The fourth-order valence-corrected chi connectivity index (χ4v) is 4.15. The fourth-order valence-electron chi connectivity index (χ4n) is 4.15. The van der Waals surface area contributed by atoms with Crippen LogP contribution in [0.3, 0.4) is 0 Å². The molecule has 0 bridgehead atoms. The standard InChI is InChI=1S/C23H19N/c1-2-8-16(9-3-1)18-14-17-10-4-5-11-19(17)23-20-12-6-7-13-21(20)24-22(23)15-18/h1-13,18,24H,14-15H2/t18-/m1/s1. The van der Waals surface area contributed by atoms with Gasteiger partial charge >= 0.3 is 0 Å². The number of aromatic amines is 1. The molecule has 0 spiro atoms. The van der Waals surface area contributed by atoms with Crippen molar-refractivity contribution in [2.24, 2.45) is 0 Å². The Hall–Kier alpha value is -2.80. The predicted octanol–water partition coefficient (Wildman–Crippen LogP) is 5.72. The number of para-hydroxylation sites is 1. The topological polar surface area (TPSA) is 15.8 Å². The van der Waals surface area contributed by atoms with Crippen molar-refractivity contribution < 1.29 is 0 Å². The average molecular weight is 309 g/mol. The van der Waals surface area contributed by atoms with Gasteiger partial charge in [-0.05, 0) is 41.5 Å². The van der Waals surface area contributed by atoms with Crippen LogP contribution in [0.15, 0.2) is 78.9 Å². The number of fused-ring (bicyclic) bond motifs is 5. The zero-order chi connectivity index (χ0) is 15.9. The molecule has 1 N–H and O–H groups in total. The maximum Gasteiger partial charge on any atom is 0.0462 e. The van der Waals surface area contributed by atoms with E-state index in [2.05, 4.69) is 83.8 Å². The van der Waals surface area contributed by atoms with Crippen LogP contribution in [-0.4, -0.2) is 4.98 Å². The summed E-state index contributed by atoms with van der Waals surface area (Å²) < 4.78 is 0. The Morgan fingerprint density at radius 1 is 0.708 bits per heavy atom. The van der Waals surface area contributed by atoms with E-state index in [1.807, 2.05) is 0 Å². The molecule has 1 nitrogen and oxygen atoms in total. The Kier molecular flexibility index (Phi) is 3.05. The first-order valence-corrected chi connectivity index (χ1v) is 8.63. The molecular formula is C23H19N. The van der Waals surface area contributed by atoms with Gasteiger partial charge in [0.2, 0.25) is 0 Å². The number of nitrogens with one attached hydrogen (secondary N) is 1. The van der Waals surface area contributed by atoms with E-state index in [0.717, 1.165) is 12.8 Å². The highest BCUT2D eigenvalue weighted by Gasteiger charge is 2.25. The molecule has 3 aromatic carbocycles. The lowest BCUT2D eigenvalue weighted by molar-refractivity contribution is 0.680. The Morgan fingerprint density at radius 3 is 2.38 bits per heavy atom. The Bertz CT molecular complexity index is 1010. The highest BCUT2D eigenvalue weighted by molar-refractivity contribution is 5.98. The molecule has 24 heavy (non-hydrogen) atoms. The van der Waals surface area contributed by atoms with Crippen molar-refractivity contribution in [2.45, 2.75) is 18.8 Å². The van der Waals surface area contributed by atoms with E-state index in [1.54, 1.807) is 0 Å². The van der Waals surface area contributed by atoms with Crippen LogP contribution < -0.4 is 0 Å². The highest BCUT2D eigenvalue weighted by Crippen LogP contribution is 2.41. The van der Waals surface area contributed by atoms with Crippen LogP contribution in [0, 0.1) is 0 Å². The second-order valence-electron chi connectivity index (χ2n) is 6.70. The van der Waals surface area contributed by atoms with E-state index in [1.165, 1.54) is 38.9 Å². The Balaban J connectivity index is 1.77. The van der Waals surface area contributed by atoms with Gasteiger partial charge < -0.3 is 4.98 Å². The van der Waals surface area contributed by atoms with Crippen LogP contribution in [0.25, 0.3) is 22.0 Å². The molecule has 1 atom stereocenters. The second kappa shape index (κ2) is 5.38. The van der Waals surface area contributed by atoms with Crippen molar-refractivity contribution >= 4 is 10.9 Å². The van der Waals surface area contributed by atoms with E-state index in [4.69, 9.17) is 0 Å². The number of aromatic nitrogens is 1. The van der Waals surface area contributed by atoms with Crippen molar-refractivity contribution in [3.05, 3.63) is 95.7 Å². The molecule has 0 unspecified atom stereocenters. The molecule has 0 saturated carbocycles. The first kappa shape index (κ1) is 13.6. The SMILES string of the molecule is c1ccc([C@@H]2Cc3ccccc3-c3c([nH]c4ccccc34)C2)cc1. The first-order valence-electron chi connectivity index (χ1n) is 8.63. The molecule has 116 valence electrons. The van der Waals surface area contributed by atoms with E-state index in [0.29, 0.717) is 5.92 Å². The number of hydrogen-bond acceptors (Lipinski definition) is 0. The van der Waals surface area contributed by atoms with Crippen LogP contribution in [0.5, 0.6) is 0 Å². The minimum Gasteiger partial charge on any atom is -0.358 e. The maximum absolute atomic E-state index is 3.70. The smallest absolute Gasteiger partial charge is 0.0462 e. The summed E-state index contributed by atoms with van der Waals surface area (Å²) in [4.78, 5) is 3.70. The number of H-pyrrole nitrogens is 1. The number of benzene rings is 3. The summed E-state index contributed by atoms with van der Waals surface area (Å²) >= 11 is 0. The number of rotatable bonds is 1. The summed E-state index contributed by atoms with van der Waals surface area (Å²) in [5, 5.41) is 1.34. The highest BCUT2D eigenvalue weighted by atomic mass is 14.7. The lowest BCUT2D eigenvalue weighted by atomic mass is 9.89. The Morgan fingerprint density at radius 2 is 1.46 bits per heavy atom. The van der Waals surface area contributed by atoms with Crippen molar-refractivity contribution in [3.8, 4) is 11.1 Å². The molecule has 0 saturated heterocycles. The van der Waals surface area contributed by atoms with Gasteiger partial charge in [-0.2, -0.15) is 0 Å². The van der Waals surface area contributed by atoms with Gasteiger partial charge in [0.1, 0.15) is 0 Å². The summed E-state index contributed by atoms with van der Waals surface area (Å²) in [6, 6.07) is 28.5. The zero-order valence-corrected chi connectivity index (χ0v) is 13.5. The fraction of sp³-hybridized carbons (Fsp3) is 0.130. The normalized spacial score (nSPS) is 16.4. The van der Waals surface area contributed by atoms with E-state index in [9.17, 15) is 0 Å². The lowest BCUT2D eigenvalue weighted by Crippen LogP contribution is -2.05. The molecule has 1 aliphatic carbocycles. The molecule has 1 heteroatoms. The van der Waals surface area contributed by atoms with Gasteiger partial charge in [0.05, 0.1) is 0 Å². The van der Waals surface area contributed by atoms with Gasteiger partial charge in [0, 0.05) is 22.2 Å². The monoisotopic (exact) mass is 309 g/mol. The molecule has 4 aromatic rings. The second-order valence-corrected chi connectivity index (χ2v) is 6.70. The van der Waals surface area contributed by atoms with Crippen LogP contribution in [0.1, 0.15) is 22.7 Å². The molecule has 1 aromatic heterocycles. The molecular weight excluding hydrogens is 290 g/mol. The summed E-state index contributed by atoms with van der Waals surface area (Å²) in [7, 11) is 0. The van der Waals surface area contributed by atoms with Crippen molar-refractivity contribution in [2.75, 3.05) is 0 Å². The van der Waals surface area contributed by atoms with Gasteiger partial charge in [-0.1, -0.05) is 72.8 Å². The van der Waals surface area contributed by atoms with Crippen molar-refractivity contribution in [3.63, 3.8) is 0 Å². The van der Waals surface area contributed by atoms with Gasteiger partial charge in [-0.3, -0.25) is 0 Å². The molecule has 5 rings (SSSR count). The van der Waals surface area contributed by atoms with Gasteiger partial charge in [0.25, 0.3) is 0 Å². The maximum atomic E-state index is 3.70. The van der Waals surface area contributed by atoms with Gasteiger partial charge in [-0.15, -0.1) is 0 Å². The number of hydrogen-bond donors (Lipinski definition) is 1. The Labute approximate surface area is 142 Å². The molecule has 1 heterocycles. The molecule has 0 aliphatic heterocycles. The van der Waals surface area contributed by atoms with Gasteiger partial charge in [0.15, 0.2) is 0 Å². The first-order chi connectivity index (χ1) is 11.9. The van der Waals surface area contributed by atoms with Crippen LogP contribution in [-0.2, 0) is 12.8 Å². The molecule has 1 aliphatic rings. The van der Waals surface area contributed by atoms with Crippen molar-refractivity contribution in [1.82, 2.24) is 4.98 Å². The van der Waals surface area contributed by atoms with Crippen LogP contribution >= 0.6 is 0 Å². The summed E-state index contributed by atoms with van der Waals surface area (Å²) in [6.07, 6.45) is 2.15. The lowest BCUT2D eigenvalue weighted by Gasteiger charge is -2.15. The van der Waals surface area contributed by atoms with Crippen LogP contribution in [0.4, 0.5) is 0 Å². The largest absolute Gasteiger partial charge is 0.358 e. The van der Waals surface area contributed by atoms with E-state index in [-0.39, 0.29) is 0 Å². The summed E-state index contributed by atoms with van der Waals surface area (Å²) in [5.41, 5.74) is 8.29. The zero-order valence-electron chi connectivity index (χ0n) is 13.5. The minimum atomic E-state index is 0.515. The third kappa shape index (κ3) is 2.09. The summed E-state index contributed by atoms with van der Waals surface area (Å²) in [6.45, 7) is 0.